The quantitative estimate of drug-likeness (QED) is 0.459. The van der Waals surface area contributed by atoms with Crippen LogP contribution in [0.4, 0.5) is 5.69 Å². The van der Waals surface area contributed by atoms with Crippen molar-refractivity contribution >= 4 is 16.7 Å². The van der Waals surface area contributed by atoms with E-state index in [4.69, 9.17) is 0 Å². The van der Waals surface area contributed by atoms with Crippen LogP contribution in [0.2, 0.25) is 0 Å². The molecule has 28 heavy (non-hydrogen) atoms. The van der Waals surface area contributed by atoms with E-state index in [0.717, 1.165) is 40.3 Å². The van der Waals surface area contributed by atoms with Gasteiger partial charge in [0.25, 0.3) is 0 Å². The van der Waals surface area contributed by atoms with Crippen LogP contribution in [0.15, 0.2) is 91.5 Å². The number of aromatic nitrogens is 4. The average molecular weight is 365 g/mol. The first kappa shape index (κ1) is 16.3. The molecule has 0 amide bonds. The van der Waals surface area contributed by atoms with Crippen LogP contribution in [0.25, 0.3) is 28.1 Å². The molecule has 0 fully saturated rings. The van der Waals surface area contributed by atoms with Gasteiger partial charge in [-0.1, -0.05) is 36.4 Å². The van der Waals surface area contributed by atoms with Gasteiger partial charge >= 0.3 is 0 Å². The van der Waals surface area contributed by atoms with E-state index in [0.29, 0.717) is 0 Å². The SMILES string of the molecule is c1cc(NCc2cccc(-n3cnc4ccccc43)c2)cc(-c2ncc[nH]2)c1. The summed E-state index contributed by atoms with van der Waals surface area (Å²) in [5.74, 6) is 0.873. The molecule has 0 atom stereocenters. The molecule has 136 valence electrons. The van der Waals surface area contributed by atoms with E-state index in [1.54, 1.807) is 6.20 Å². The summed E-state index contributed by atoms with van der Waals surface area (Å²) in [7, 11) is 0. The number of aromatic amines is 1. The van der Waals surface area contributed by atoms with Crippen LogP contribution in [0, 0.1) is 0 Å². The van der Waals surface area contributed by atoms with Gasteiger partial charge < -0.3 is 10.3 Å². The summed E-state index contributed by atoms with van der Waals surface area (Å²) in [6, 6.07) is 24.9. The van der Waals surface area contributed by atoms with E-state index in [1.165, 1.54) is 5.56 Å². The van der Waals surface area contributed by atoms with Crippen molar-refractivity contribution in [2.24, 2.45) is 0 Å². The second kappa shape index (κ2) is 7.04. The predicted octanol–water partition coefficient (Wildman–Crippen LogP) is 5.03. The Bertz CT molecular complexity index is 1220. The van der Waals surface area contributed by atoms with Crippen molar-refractivity contribution in [1.29, 1.82) is 0 Å². The Morgan fingerprint density at radius 1 is 0.893 bits per heavy atom. The van der Waals surface area contributed by atoms with E-state index < -0.39 is 0 Å². The number of fused-ring (bicyclic) bond motifs is 1. The molecule has 0 saturated heterocycles. The van der Waals surface area contributed by atoms with Gasteiger partial charge in [0.15, 0.2) is 0 Å². The Labute approximate surface area is 162 Å². The number of nitrogens with zero attached hydrogens (tertiary/aromatic N) is 3. The highest BCUT2D eigenvalue weighted by molar-refractivity contribution is 5.77. The lowest BCUT2D eigenvalue weighted by atomic mass is 10.1. The maximum absolute atomic E-state index is 4.49. The zero-order chi connectivity index (χ0) is 18.8. The second-order valence-corrected chi connectivity index (χ2v) is 6.65. The lowest BCUT2D eigenvalue weighted by Gasteiger charge is -2.10. The fourth-order valence-corrected chi connectivity index (χ4v) is 3.38. The minimum atomic E-state index is 0.738. The number of nitrogens with one attached hydrogen (secondary N) is 2. The Balaban J connectivity index is 1.37. The molecular weight excluding hydrogens is 346 g/mol. The van der Waals surface area contributed by atoms with Crippen LogP contribution >= 0.6 is 0 Å². The number of H-pyrrole nitrogens is 1. The molecule has 0 aliphatic rings. The van der Waals surface area contributed by atoms with Crippen LogP contribution in [-0.4, -0.2) is 19.5 Å². The third kappa shape index (κ3) is 3.14. The first-order valence-electron chi connectivity index (χ1n) is 9.22. The number of imidazole rings is 2. The lowest BCUT2D eigenvalue weighted by molar-refractivity contribution is 1.07. The molecule has 0 aliphatic carbocycles. The molecule has 2 heterocycles. The largest absolute Gasteiger partial charge is 0.381 e. The van der Waals surface area contributed by atoms with Crippen molar-refractivity contribution in [3.63, 3.8) is 0 Å². The topological polar surface area (TPSA) is 58.5 Å². The van der Waals surface area contributed by atoms with Gasteiger partial charge in [0, 0.05) is 35.9 Å². The normalized spacial score (nSPS) is 11.0. The van der Waals surface area contributed by atoms with Gasteiger partial charge in [0.05, 0.1) is 11.0 Å². The molecule has 5 aromatic rings. The van der Waals surface area contributed by atoms with Gasteiger partial charge in [-0.2, -0.15) is 0 Å². The summed E-state index contributed by atoms with van der Waals surface area (Å²) < 4.78 is 2.12. The number of para-hydroxylation sites is 2. The van der Waals surface area contributed by atoms with Crippen molar-refractivity contribution in [2.45, 2.75) is 6.54 Å². The van der Waals surface area contributed by atoms with Gasteiger partial charge in [0.1, 0.15) is 12.2 Å². The van der Waals surface area contributed by atoms with Crippen molar-refractivity contribution < 1.29 is 0 Å². The lowest BCUT2D eigenvalue weighted by Crippen LogP contribution is -2.01. The number of anilines is 1. The molecule has 0 unspecified atom stereocenters. The van der Waals surface area contributed by atoms with Crippen molar-refractivity contribution in [3.05, 3.63) is 97.1 Å². The van der Waals surface area contributed by atoms with Gasteiger partial charge in [0.2, 0.25) is 0 Å². The molecule has 2 N–H and O–H groups in total. The summed E-state index contributed by atoms with van der Waals surface area (Å²) >= 11 is 0. The van der Waals surface area contributed by atoms with E-state index in [9.17, 15) is 0 Å². The summed E-state index contributed by atoms with van der Waals surface area (Å²) in [4.78, 5) is 12.0. The third-order valence-corrected chi connectivity index (χ3v) is 4.77. The van der Waals surface area contributed by atoms with Crippen LogP contribution in [0.1, 0.15) is 5.56 Å². The molecule has 5 heteroatoms. The Kier molecular flexibility index (Phi) is 4.10. The molecule has 5 rings (SSSR count). The highest BCUT2D eigenvalue weighted by Gasteiger charge is 2.05. The van der Waals surface area contributed by atoms with Gasteiger partial charge in [-0.05, 0) is 42.0 Å². The molecule has 5 nitrogen and oxygen atoms in total. The maximum Gasteiger partial charge on any atom is 0.137 e. The van der Waals surface area contributed by atoms with Crippen molar-refractivity contribution in [1.82, 2.24) is 19.5 Å². The number of benzene rings is 3. The Morgan fingerprint density at radius 3 is 2.75 bits per heavy atom. The number of hydrogen-bond donors (Lipinski definition) is 2. The van der Waals surface area contributed by atoms with Gasteiger partial charge in [-0.15, -0.1) is 0 Å². The van der Waals surface area contributed by atoms with Crippen molar-refractivity contribution in [3.8, 4) is 17.1 Å². The average Bonchev–Trinajstić information content (AvgIpc) is 3.43. The molecule has 0 bridgehead atoms. The van der Waals surface area contributed by atoms with Gasteiger partial charge in [-0.3, -0.25) is 4.57 Å². The third-order valence-electron chi connectivity index (χ3n) is 4.77. The van der Waals surface area contributed by atoms with Crippen LogP contribution < -0.4 is 5.32 Å². The van der Waals surface area contributed by atoms with E-state index in [1.807, 2.05) is 36.8 Å². The first-order chi connectivity index (χ1) is 13.9. The monoisotopic (exact) mass is 365 g/mol. The van der Waals surface area contributed by atoms with Crippen LogP contribution in [-0.2, 0) is 6.54 Å². The summed E-state index contributed by atoms with van der Waals surface area (Å²) in [6.07, 6.45) is 5.48. The molecule has 0 saturated carbocycles. The van der Waals surface area contributed by atoms with E-state index in [2.05, 4.69) is 73.4 Å². The smallest absolute Gasteiger partial charge is 0.137 e. The molecule has 0 aliphatic heterocycles. The predicted molar refractivity (Wildman–Crippen MR) is 112 cm³/mol. The van der Waals surface area contributed by atoms with Gasteiger partial charge in [-0.25, -0.2) is 9.97 Å². The number of hydrogen-bond acceptors (Lipinski definition) is 3. The molecule has 0 spiro atoms. The Hall–Kier alpha value is -3.86. The van der Waals surface area contributed by atoms with Crippen LogP contribution in [0.3, 0.4) is 0 Å². The summed E-state index contributed by atoms with van der Waals surface area (Å²) in [6.45, 7) is 0.738. The molecule has 0 radical (unpaired) electrons. The van der Waals surface area contributed by atoms with Crippen LogP contribution in [0.5, 0.6) is 0 Å². The maximum atomic E-state index is 4.49. The fourth-order valence-electron chi connectivity index (χ4n) is 3.38. The second-order valence-electron chi connectivity index (χ2n) is 6.65. The first-order valence-corrected chi connectivity index (χ1v) is 9.22. The zero-order valence-electron chi connectivity index (χ0n) is 15.2. The van der Waals surface area contributed by atoms with Crippen molar-refractivity contribution in [2.75, 3.05) is 5.32 Å². The minimum absolute atomic E-state index is 0.738. The summed E-state index contributed by atoms with van der Waals surface area (Å²) in [5, 5.41) is 3.51. The minimum Gasteiger partial charge on any atom is -0.381 e. The standard InChI is InChI=1S/C23H19N5/c1-2-10-22-21(9-1)27-16-28(22)20-8-3-5-17(13-20)15-26-19-7-4-6-18(14-19)23-24-11-12-25-23/h1-14,16,26H,15H2,(H,24,25). The molecule has 2 aromatic heterocycles. The highest BCUT2D eigenvalue weighted by atomic mass is 15.0. The van der Waals surface area contributed by atoms with E-state index in [-0.39, 0.29) is 0 Å². The molecular formula is C23H19N5. The highest BCUT2D eigenvalue weighted by Crippen LogP contribution is 2.21. The zero-order valence-corrected chi connectivity index (χ0v) is 15.2. The molecule has 3 aromatic carbocycles. The fraction of sp³-hybridized carbons (Fsp3) is 0.0435. The Morgan fingerprint density at radius 2 is 1.82 bits per heavy atom. The van der Waals surface area contributed by atoms with E-state index >= 15 is 0 Å². The summed E-state index contributed by atoms with van der Waals surface area (Å²) in [5.41, 5.74) is 6.55. The number of rotatable bonds is 5.